The van der Waals surface area contributed by atoms with Crippen LogP contribution in [-0.2, 0) is 10.8 Å². The van der Waals surface area contributed by atoms with E-state index in [4.69, 9.17) is 0 Å². The molecule has 2 aliphatic heterocycles. The summed E-state index contributed by atoms with van der Waals surface area (Å²) < 4.78 is 4.47. The van der Waals surface area contributed by atoms with Gasteiger partial charge in [0.15, 0.2) is 5.71 Å². The maximum Gasteiger partial charge on any atom is 0.218 e. The van der Waals surface area contributed by atoms with Crippen LogP contribution in [0.15, 0.2) is 167 Å². The van der Waals surface area contributed by atoms with Crippen LogP contribution in [0.25, 0.3) is 38.4 Å². The summed E-state index contributed by atoms with van der Waals surface area (Å²) in [5.41, 5.74) is 13.4. The molecule has 3 heterocycles. The van der Waals surface area contributed by atoms with Crippen molar-refractivity contribution in [3.63, 3.8) is 0 Å². The fraction of sp³-hybridized carbons (Fsp3) is 0.276. The van der Waals surface area contributed by atoms with Gasteiger partial charge in [-0.05, 0) is 135 Å². The van der Waals surface area contributed by atoms with Gasteiger partial charge in [0.05, 0.1) is 11.1 Å². The first-order valence-electron chi connectivity index (χ1n) is 23.7. The number of hydrogen-bond donors (Lipinski definition) is 0. The molecule has 6 aromatic carbocycles. The number of allylic oxidation sites excluding steroid dienone is 7. The van der Waals surface area contributed by atoms with E-state index in [1.165, 1.54) is 103 Å². The van der Waals surface area contributed by atoms with Crippen LogP contribution in [0.2, 0.25) is 0 Å². The fourth-order valence-electron chi connectivity index (χ4n) is 10.8. The van der Waals surface area contributed by atoms with Gasteiger partial charge in [-0.2, -0.15) is 9.26 Å². The highest BCUT2D eigenvalue weighted by Gasteiger charge is 2.46. The Hall–Kier alpha value is -6.31. The second-order valence-corrected chi connectivity index (χ2v) is 19.8. The number of hydrogen-bond acceptors (Lipinski definition) is 5. The zero-order valence-electron chi connectivity index (χ0n) is 38.7. The summed E-state index contributed by atoms with van der Waals surface area (Å²) in [6, 6.07) is 46.2. The topological polar surface area (TPSA) is 49.9 Å². The average molecular weight is 872 g/mol. The van der Waals surface area contributed by atoms with Gasteiger partial charge in [-0.15, -0.1) is 5.10 Å². The second kappa shape index (κ2) is 17.6. The van der Waals surface area contributed by atoms with Crippen LogP contribution in [0, 0.1) is 0 Å². The molecule has 326 valence electrons. The number of para-hydroxylation sites is 1. The van der Waals surface area contributed by atoms with E-state index in [1.54, 1.807) is 11.8 Å². The van der Waals surface area contributed by atoms with Crippen molar-refractivity contribution < 1.29 is 4.58 Å². The lowest BCUT2D eigenvalue weighted by molar-refractivity contribution is -0.438. The molecule has 0 fully saturated rings. The van der Waals surface area contributed by atoms with E-state index in [9.17, 15) is 0 Å². The highest BCUT2D eigenvalue weighted by molar-refractivity contribution is 8.03. The summed E-state index contributed by atoms with van der Waals surface area (Å²) in [7, 11) is 0. The van der Waals surface area contributed by atoms with E-state index in [1.807, 2.05) is 22.9 Å². The Bertz CT molecular complexity index is 3110. The zero-order valence-corrected chi connectivity index (χ0v) is 39.5. The number of benzene rings is 6. The third-order valence-electron chi connectivity index (χ3n) is 13.9. The molecule has 10 rings (SSSR count). The van der Waals surface area contributed by atoms with E-state index in [-0.39, 0.29) is 10.8 Å². The number of fused-ring (bicyclic) bond motifs is 7. The van der Waals surface area contributed by atoms with Crippen molar-refractivity contribution in [3.8, 4) is 5.69 Å². The van der Waals surface area contributed by atoms with Crippen LogP contribution >= 0.6 is 11.8 Å². The third-order valence-corrected chi connectivity index (χ3v) is 15.0. The van der Waals surface area contributed by atoms with Crippen LogP contribution in [0.5, 0.6) is 0 Å². The minimum absolute atomic E-state index is 0.222. The van der Waals surface area contributed by atoms with Gasteiger partial charge in [-0.25, -0.2) is 0 Å². The predicted molar refractivity (Wildman–Crippen MR) is 274 cm³/mol. The first-order chi connectivity index (χ1) is 31.7. The summed E-state index contributed by atoms with van der Waals surface area (Å²) in [4.78, 5) is 3.75. The van der Waals surface area contributed by atoms with Crippen molar-refractivity contribution in [2.24, 2.45) is 0 Å². The Labute approximate surface area is 388 Å². The summed E-state index contributed by atoms with van der Waals surface area (Å²) in [6.45, 7) is 16.2. The molecule has 65 heavy (non-hydrogen) atoms. The van der Waals surface area contributed by atoms with Crippen LogP contribution in [0.1, 0.15) is 102 Å². The first-order valence-corrected chi connectivity index (χ1v) is 24.5. The lowest BCUT2D eigenvalue weighted by atomic mass is 9.79. The molecule has 7 aromatic rings. The van der Waals surface area contributed by atoms with Crippen molar-refractivity contribution in [1.82, 2.24) is 20.2 Å². The van der Waals surface area contributed by atoms with E-state index in [0.717, 1.165) is 41.7 Å². The highest BCUT2D eigenvalue weighted by atomic mass is 32.2. The van der Waals surface area contributed by atoms with Gasteiger partial charge in [0.1, 0.15) is 6.54 Å². The van der Waals surface area contributed by atoms with Crippen molar-refractivity contribution in [3.05, 3.63) is 185 Å². The van der Waals surface area contributed by atoms with Gasteiger partial charge < -0.3 is 4.90 Å². The first kappa shape index (κ1) is 42.6. The standard InChI is InChI=1S/C58H59N6S/c1-7-9-20-38-62-49-34-30-40-22-14-16-26-43(40)53(49)57(3,4)51(62)36-32-47-45-28-18-19-29-46(45)48(55(47)65-56-59-60-61-64(56)42-24-12-11-13-25-42)33-37-52-58(5,6)54-44-27-17-15-23-41(44)31-35-50(54)63(52)39-21-10-8-2/h11-19,22-37H,7-10,20-21,38-39H2,1-6H3/q+1. The maximum absolute atomic E-state index is 4.67. The van der Waals surface area contributed by atoms with E-state index in [0.29, 0.717) is 0 Å². The van der Waals surface area contributed by atoms with Gasteiger partial charge in [-0.1, -0.05) is 150 Å². The summed E-state index contributed by atoms with van der Waals surface area (Å²) >= 11 is 1.65. The van der Waals surface area contributed by atoms with Gasteiger partial charge in [-0.3, -0.25) is 0 Å². The van der Waals surface area contributed by atoms with Crippen LogP contribution in [0.4, 0.5) is 11.4 Å². The molecule has 0 saturated heterocycles. The Morgan fingerprint density at radius 2 is 1.29 bits per heavy atom. The highest BCUT2D eigenvalue weighted by Crippen LogP contribution is 2.53. The smallest absolute Gasteiger partial charge is 0.218 e. The number of rotatable bonds is 14. The molecule has 0 N–H and O–H groups in total. The Morgan fingerprint density at radius 3 is 2.05 bits per heavy atom. The van der Waals surface area contributed by atoms with E-state index >= 15 is 0 Å². The summed E-state index contributed by atoms with van der Waals surface area (Å²) in [6.07, 6.45) is 16.7. The number of thioether (sulfide) groups is 1. The number of anilines is 1. The predicted octanol–water partition coefficient (Wildman–Crippen LogP) is 14.6. The number of tetrazole rings is 1. The molecule has 6 nitrogen and oxygen atoms in total. The van der Waals surface area contributed by atoms with Crippen LogP contribution in [0.3, 0.4) is 0 Å². The van der Waals surface area contributed by atoms with E-state index < -0.39 is 0 Å². The number of nitrogens with zero attached hydrogens (tertiary/aromatic N) is 6. The lowest BCUT2D eigenvalue weighted by Crippen LogP contribution is -2.28. The Morgan fingerprint density at radius 1 is 0.631 bits per heavy atom. The normalized spacial score (nSPS) is 17.4. The maximum atomic E-state index is 4.67. The molecule has 3 aliphatic rings. The average Bonchev–Trinajstić information content (AvgIpc) is 4.03. The van der Waals surface area contributed by atoms with Gasteiger partial charge in [0, 0.05) is 52.4 Å². The fourth-order valence-corrected chi connectivity index (χ4v) is 11.8. The second-order valence-electron chi connectivity index (χ2n) is 18.8. The van der Waals surface area contributed by atoms with Crippen molar-refractivity contribution >= 4 is 61.5 Å². The molecule has 0 spiro atoms. The Kier molecular flexibility index (Phi) is 11.5. The van der Waals surface area contributed by atoms with Crippen LogP contribution in [-0.4, -0.2) is 43.6 Å². The summed E-state index contributed by atoms with van der Waals surface area (Å²) in [5, 5.41) is 19.4. The minimum atomic E-state index is -0.222. The molecule has 1 aromatic heterocycles. The van der Waals surface area contributed by atoms with Crippen molar-refractivity contribution in [1.29, 1.82) is 0 Å². The zero-order chi connectivity index (χ0) is 44.7. The SMILES string of the molecule is CCCCCN1/C(=C/C=C2C(Sc3nnnn3-c3ccccc3)=C(/C=C/C3=[N+](CCCCC)c4ccc5ccccc5c4C3(C)C)c3ccccc3/2)C(C)(C)c2c1ccc1ccccc21. The number of aromatic nitrogens is 4. The molecular weight excluding hydrogens is 813 g/mol. The van der Waals surface area contributed by atoms with Crippen LogP contribution < -0.4 is 4.90 Å². The molecule has 0 bridgehead atoms. The largest absolute Gasteiger partial charge is 0.344 e. The van der Waals surface area contributed by atoms with Gasteiger partial charge in [0.2, 0.25) is 10.8 Å². The Balaban J connectivity index is 1.16. The van der Waals surface area contributed by atoms with Crippen molar-refractivity contribution in [2.75, 3.05) is 18.0 Å². The molecule has 0 unspecified atom stereocenters. The molecule has 0 radical (unpaired) electrons. The van der Waals surface area contributed by atoms with E-state index in [2.05, 4.69) is 200 Å². The molecule has 1 aliphatic carbocycles. The van der Waals surface area contributed by atoms with Gasteiger partial charge in [0.25, 0.3) is 0 Å². The summed E-state index contributed by atoms with van der Waals surface area (Å²) in [5.74, 6) is 0. The van der Waals surface area contributed by atoms with Gasteiger partial charge >= 0.3 is 0 Å². The molecule has 0 atom stereocenters. The molecular formula is C58H59N6S+. The monoisotopic (exact) mass is 871 g/mol. The number of unbranched alkanes of at least 4 members (excludes halogenated alkanes) is 4. The molecule has 0 amide bonds. The molecule has 7 heteroatoms. The third kappa shape index (κ3) is 7.48. The van der Waals surface area contributed by atoms with Crippen molar-refractivity contribution in [2.45, 2.75) is 96.1 Å². The molecule has 0 saturated carbocycles. The quantitative estimate of drug-likeness (QED) is 0.0805. The lowest BCUT2D eigenvalue weighted by Gasteiger charge is -2.27. The minimum Gasteiger partial charge on any atom is -0.344 e.